The molecule has 0 nitrogen and oxygen atoms in total. The molecule has 0 heterocycles. The molecule has 0 fully saturated rings. The highest BCUT2D eigenvalue weighted by Gasteiger charge is 2.00. The first-order valence-electron chi connectivity index (χ1n) is 4.05. The molecule has 1 rings (SSSR count). The van der Waals surface area contributed by atoms with Crippen LogP contribution in [-0.4, -0.2) is 5.33 Å². The minimum atomic E-state index is 1.08. The van der Waals surface area contributed by atoms with Gasteiger partial charge in [-0.3, -0.25) is 0 Å². The van der Waals surface area contributed by atoms with Crippen molar-refractivity contribution in [3.63, 3.8) is 0 Å². The van der Waals surface area contributed by atoms with Crippen LogP contribution in [0.25, 0.3) is 0 Å². The van der Waals surface area contributed by atoms with Crippen molar-refractivity contribution < 1.29 is 0 Å². The molecular formula is C10H12Br2. The van der Waals surface area contributed by atoms with E-state index in [1.54, 1.807) is 0 Å². The van der Waals surface area contributed by atoms with E-state index in [-0.39, 0.29) is 0 Å². The van der Waals surface area contributed by atoms with Crippen molar-refractivity contribution in [1.82, 2.24) is 0 Å². The van der Waals surface area contributed by atoms with Crippen molar-refractivity contribution in [2.24, 2.45) is 0 Å². The Bertz CT molecular complexity index is 256. The van der Waals surface area contributed by atoms with Gasteiger partial charge in [-0.2, -0.15) is 0 Å². The molecule has 0 aliphatic heterocycles. The zero-order valence-electron chi connectivity index (χ0n) is 7.11. The number of benzene rings is 1. The van der Waals surface area contributed by atoms with Crippen LogP contribution in [0.4, 0.5) is 0 Å². The molecular weight excluding hydrogens is 280 g/mol. The van der Waals surface area contributed by atoms with Crippen LogP contribution in [0.15, 0.2) is 22.7 Å². The maximum Gasteiger partial charge on any atom is 0.0207 e. The summed E-state index contributed by atoms with van der Waals surface area (Å²) in [5, 5.41) is 1.08. The third-order valence-corrected chi connectivity index (χ3v) is 3.38. The number of halogens is 2. The van der Waals surface area contributed by atoms with Crippen LogP contribution in [0, 0.1) is 6.92 Å². The van der Waals surface area contributed by atoms with Gasteiger partial charge in [0.05, 0.1) is 0 Å². The largest absolute Gasteiger partial charge is 0.0928 e. The first kappa shape index (κ1) is 10.3. The summed E-state index contributed by atoms with van der Waals surface area (Å²) in [5.74, 6) is 0. The van der Waals surface area contributed by atoms with Crippen LogP contribution < -0.4 is 0 Å². The van der Waals surface area contributed by atoms with Gasteiger partial charge in [-0.15, -0.1) is 0 Å². The van der Waals surface area contributed by atoms with E-state index in [9.17, 15) is 0 Å². The molecule has 66 valence electrons. The van der Waals surface area contributed by atoms with Crippen LogP contribution in [0.3, 0.4) is 0 Å². The molecule has 1 aromatic rings. The lowest BCUT2D eigenvalue weighted by molar-refractivity contribution is 0.928. The molecule has 0 amide bonds. The van der Waals surface area contributed by atoms with E-state index in [2.05, 4.69) is 57.0 Å². The third-order valence-electron chi connectivity index (χ3n) is 1.96. The molecule has 0 N–H and O–H groups in total. The number of alkyl halides is 1. The topological polar surface area (TPSA) is 0 Å². The second kappa shape index (κ2) is 5.03. The van der Waals surface area contributed by atoms with Crippen molar-refractivity contribution in [1.29, 1.82) is 0 Å². The van der Waals surface area contributed by atoms with E-state index in [4.69, 9.17) is 0 Å². The molecule has 0 aliphatic rings. The van der Waals surface area contributed by atoms with Gasteiger partial charge in [0.2, 0.25) is 0 Å². The number of rotatable bonds is 3. The molecule has 0 atom stereocenters. The van der Waals surface area contributed by atoms with E-state index in [0.29, 0.717) is 0 Å². The SMILES string of the molecule is Cc1c(Br)cccc1CCCBr. The summed E-state index contributed by atoms with van der Waals surface area (Å²) in [6.45, 7) is 2.16. The molecule has 0 unspecified atom stereocenters. The highest BCUT2D eigenvalue weighted by molar-refractivity contribution is 9.10. The van der Waals surface area contributed by atoms with Crippen LogP contribution in [-0.2, 0) is 6.42 Å². The van der Waals surface area contributed by atoms with Gasteiger partial charge in [0, 0.05) is 9.80 Å². The summed E-state index contributed by atoms with van der Waals surface area (Å²) in [6.07, 6.45) is 2.37. The van der Waals surface area contributed by atoms with Crippen LogP contribution in [0.1, 0.15) is 17.5 Å². The summed E-state index contributed by atoms with van der Waals surface area (Å²) in [6, 6.07) is 6.39. The van der Waals surface area contributed by atoms with Crippen molar-refractivity contribution in [3.05, 3.63) is 33.8 Å². The lowest BCUT2D eigenvalue weighted by Gasteiger charge is -2.05. The predicted octanol–water partition coefficient (Wildman–Crippen LogP) is 4.09. The lowest BCUT2D eigenvalue weighted by Crippen LogP contribution is -1.90. The predicted molar refractivity (Wildman–Crippen MR) is 61.0 cm³/mol. The van der Waals surface area contributed by atoms with Crippen LogP contribution in [0.2, 0.25) is 0 Å². The van der Waals surface area contributed by atoms with Crippen molar-refractivity contribution in [2.45, 2.75) is 19.8 Å². The maximum atomic E-state index is 3.53. The molecule has 0 saturated carbocycles. The molecule has 0 bridgehead atoms. The zero-order chi connectivity index (χ0) is 8.97. The summed E-state index contributed by atoms with van der Waals surface area (Å²) in [7, 11) is 0. The Balaban J connectivity index is 2.78. The fraction of sp³-hybridized carbons (Fsp3) is 0.400. The van der Waals surface area contributed by atoms with Gasteiger partial charge < -0.3 is 0 Å². The minimum Gasteiger partial charge on any atom is -0.0928 e. The first-order chi connectivity index (χ1) is 5.75. The van der Waals surface area contributed by atoms with Gasteiger partial charge in [0.25, 0.3) is 0 Å². The minimum absolute atomic E-state index is 1.08. The maximum absolute atomic E-state index is 3.53. The van der Waals surface area contributed by atoms with Crippen LogP contribution >= 0.6 is 31.9 Å². The Hall–Kier alpha value is 0.180. The van der Waals surface area contributed by atoms with Gasteiger partial charge in [-0.25, -0.2) is 0 Å². The third kappa shape index (κ3) is 2.60. The van der Waals surface area contributed by atoms with E-state index in [1.165, 1.54) is 22.0 Å². The van der Waals surface area contributed by atoms with Gasteiger partial charge in [-0.1, -0.05) is 44.0 Å². The Labute approximate surface area is 90.6 Å². The van der Waals surface area contributed by atoms with E-state index in [0.717, 1.165) is 11.8 Å². The van der Waals surface area contributed by atoms with E-state index >= 15 is 0 Å². The van der Waals surface area contributed by atoms with Gasteiger partial charge in [0.1, 0.15) is 0 Å². The molecule has 0 spiro atoms. The molecule has 12 heavy (non-hydrogen) atoms. The summed E-state index contributed by atoms with van der Waals surface area (Å²) < 4.78 is 1.22. The van der Waals surface area contributed by atoms with Crippen molar-refractivity contribution in [2.75, 3.05) is 5.33 Å². The van der Waals surface area contributed by atoms with Gasteiger partial charge in [0.15, 0.2) is 0 Å². The fourth-order valence-electron chi connectivity index (χ4n) is 1.18. The molecule has 0 aliphatic carbocycles. The van der Waals surface area contributed by atoms with Gasteiger partial charge in [-0.05, 0) is 37.0 Å². The monoisotopic (exact) mass is 290 g/mol. The summed E-state index contributed by atoms with van der Waals surface area (Å²) in [4.78, 5) is 0. The lowest BCUT2D eigenvalue weighted by atomic mass is 10.1. The summed E-state index contributed by atoms with van der Waals surface area (Å²) >= 11 is 6.96. The Morgan fingerprint density at radius 2 is 2.08 bits per heavy atom. The Kier molecular flexibility index (Phi) is 4.30. The highest BCUT2D eigenvalue weighted by atomic mass is 79.9. The molecule has 0 radical (unpaired) electrons. The second-order valence-electron chi connectivity index (χ2n) is 2.82. The second-order valence-corrected chi connectivity index (χ2v) is 4.46. The number of hydrogen-bond acceptors (Lipinski definition) is 0. The quantitative estimate of drug-likeness (QED) is 0.736. The number of aryl methyl sites for hydroxylation is 1. The highest BCUT2D eigenvalue weighted by Crippen LogP contribution is 2.20. The molecule has 2 heteroatoms. The average molecular weight is 292 g/mol. The average Bonchev–Trinajstić information content (AvgIpc) is 2.08. The molecule has 0 saturated heterocycles. The smallest absolute Gasteiger partial charge is 0.0207 e. The molecule has 0 aromatic heterocycles. The Morgan fingerprint density at radius 3 is 2.75 bits per heavy atom. The van der Waals surface area contributed by atoms with Crippen LogP contribution in [0.5, 0.6) is 0 Å². The fourth-order valence-corrected chi connectivity index (χ4v) is 1.87. The van der Waals surface area contributed by atoms with E-state index < -0.39 is 0 Å². The van der Waals surface area contributed by atoms with Crippen molar-refractivity contribution >= 4 is 31.9 Å². The standard InChI is InChI=1S/C10H12Br2/c1-8-9(5-3-7-11)4-2-6-10(8)12/h2,4,6H,3,5,7H2,1H3. The van der Waals surface area contributed by atoms with E-state index in [1.807, 2.05) is 0 Å². The normalized spacial score (nSPS) is 10.2. The summed E-state index contributed by atoms with van der Waals surface area (Å²) in [5.41, 5.74) is 2.82. The molecule has 1 aromatic carbocycles. The first-order valence-corrected chi connectivity index (χ1v) is 5.97. The Morgan fingerprint density at radius 1 is 1.33 bits per heavy atom. The van der Waals surface area contributed by atoms with Crippen molar-refractivity contribution in [3.8, 4) is 0 Å². The van der Waals surface area contributed by atoms with Gasteiger partial charge >= 0.3 is 0 Å². The number of hydrogen-bond donors (Lipinski definition) is 0. The zero-order valence-corrected chi connectivity index (χ0v) is 10.3.